The van der Waals surface area contributed by atoms with Crippen LogP contribution in [0.1, 0.15) is 64.7 Å². The molecule has 4 aliphatic carbocycles. The summed E-state index contributed by atoms with van der Waals surface area (Å²) in [5, 5.41) is 22.4. The van der Waals surface area contributed by atoms with Crippen molar-refractivity contribution in [3.8, 4) is 0 Å². The molecule has 4 saturated carbocycles. The van der Waals surface area contributed by atoms with Gasteiger partial charge in [-0.05, 0) is 87.0 Å². The number of carbonyl (C=O) groups is 1. The van der Waals surface area contributed by atoms with E-state index in [4.69, 9.17) is 9.47 Å². The molecule has 0 bridgehead atoms. The van der Waals surface area contributed by atoms with Gasteiger partial charge >= 0.3 is 5.97 Å². The van der Waals surface area contributed by atoms with Crippen LogP contribution in [0.25, 0.3) is 0 Å². The molecule has 0 aromatic rings. The van der Waals surface area contributed by atoms with E-state index in [-0.39, 0.29) is 34.9 Å². The first-order chi connectivity index (χ1) is 13.3. The number of hydrogen-bond donors (Lipinski definition) is 2. The summed E-state index contributed by atoms with van der Waals surface area (Å²) in [6.45, 7) is 2.64. The third-order valence-corrected chi connectivity index (χ3v) is 9.73. The van der Waals surface area contributed by atoms with Gasteiger partial charge in [0, 0.05) is 18.6 Å². The number of esters is 1. The predicted octanol–water partition coefficient (Wildman–Crippen LogP) is 2.98. The Morgan fingerprint density at radius 2 is 1.93 bits per heavy atom. The minimum atomic E-state index is -0.709. The maximum Gasteiger partial charge on any atom is 0.331 e. The third-order valence-electron chi connectivity index (χ3n) is 9.73. The van der Waals surface area contributed by atoms with E-state index in [1.54, 1.807) is 6.08 Å². The Hall–Kier alpha value is -0.910. The van der Waals surface area contributed by atoms with Crippen LogP contribution in [0, 0.1) is 29.1 Å². The van der Waals surface area contributed by atoms with Crippen molar-refractivity contribution < 1.29 is 24.5 Å². The molecule has 8 atom stereocenters. The van der Waals surface area contributed by atoms with Crippen molar-refractivity contribution in [3.63, 3.8) is 0 Å². The van der Waals surface area contributed by atoms with E-state index in [1.165, 1.54) is 0 Å². The molecule has 4 fully saturated rings. The number of carbonyl (C=O) groups excluding carboxylic acids is 1. The number of rotatable bonds is 2. The molecule has 0 amide bonds. The van der Waals surface area contributed by atoms with E-state index in [1.807, 2.05) is 7.11 Å². The molecule has 1 heterocycles. The second-order valence-corrected chi connectivity index (χ2v) is 10.4. The lowest BCUT2D eigenvalue weighted by atomic mass is 9.46. The molecule has 0 aromatic heterocycles. The second-order valence-electron chi connectivity index (χ2n) is 10.4. The molecule has 1 aliphatic heterocycles. The zero-order valence-corrected chi connectivity index (χ0v) is 17.2. The Morgan fingerprint density at radius 1 is 1.11 bits per heavy atom. The number of aliphatic hydroxyl groups excluding tert-OH is 1. The van der Waals surface area contributed by atoms with Gasteiger partial charge in [-0.3, -0.25) is 0 Å². The highest BCUT2D eigenvalue weighted by molar-refractivity contribution is 5.85. The van der Waals surface area contributed by atoms with Gasteiger partial charge in [-0.25, -0.2) is 4.79 Å². The van der Waals surface area contributed by atoms with Gasteiger partial charge in [0.05, 0.1) is 17.3 Å². The quantitative estimate of drug-likeness (QED) is 0.709. The van der Waals surface area contributed by atoms with Crippen LogP contribution in [0.4, 0.5) is 0 Å². The van der Waals surface area contributed by atoms with Crippen LogP contribution < -0.4 is 0 Å². The fraction of sp³-hybridized carbons (Fsp3) is 0.870. The van der Waals surface area contributed by atoms with E-state index in [0.29, 0.717) is 18.4 Å². The summed E-state index contributed by atoms with van der Waals surface area (Å²) in [7, 11) is 1.84. The average molecular weight is 391 g/mol. The Labute approximate surface area is 167 Å². The molecule has 2 unspecified atom stereocenters. The summed E-state index contributed by atoms with van der Waals surface area (Å²) >= 11 is 0. The Balaban J connectivity index is 1.48. The largest absolute Gasteiger partial charge is 0.458 e. The molecule has 5 heteroatoms. The fourth-order valence-electron chi connectivity index (χ4n) is 8.36. The molecule has 0 spiro atoms. The SMILES string of the molecule is CO[C@]12CC[C@H](O)C[C@H]1CCC1C2CC[C@]2(C)[C@H](C3=CC(=O)OC3)CC[C@]12O. The first-order valence-electron chi connectivity index (χ1n) is 11.2. The van der Waals surface area contributed by atoms with Gasteiger partial charge in [-0.1, -0.05) is 6.92 Å². The van der Waals surface area contributed by atoms with Crippen molar-refractivity contribution >= 4 is 5.97 Å². The maximum absolute atomic E-state index is 12.2. The molecule has 2 N–H and O–H groups in total. The molecule has 5 nitrogen and oxygen atoms in total. The summed E-state index contributed by atoms with van der Waals surface area (Å²) in [5.74, 6) is 0.991. The smallest absolute Gasteiger partial charge is 0.331 e. The lowest BCUT2D eigenvalue weighted by Gasteiger charge is -2.63. The van der Waals surface area contributed by atoms with Gasteiger partial charge in [0.2, 0.25) is 0 Å². The highest BCUT2D eigenvalue weighted by Gasteiger charge is 2.68. The average Bonchev–Trinajstić information content (AvgIpc) is 3.22. The van der Waals surface area contributed by atoms with Gasteiger partial charge < -0.3 is 19.7 Å². The summed E-state index contributed by atoms with van der Waals surface area (Å²) in [5.41, 5.74) is -0.0233. The van der Waals surface area contributed by atoms with Crippen molar-refractivity contribution in [1.29, 1.82) is 0 Å². The zero-order valence-electron chi connectivity index (χ0n) is 17.2. The van der Waals surface area contributed by atoms with E-state index in [9.17, 15) is 15.0 Å². The topological polar surface area (TPSA) is 76.0 Å². The van der Waals surface area contributed by atoms with Crippen molar-refractivity contribution in [2.75, 3.05) is 13.7 Å². The molecule has 5 aliphatic rings. The van der Waals surface area contributed by atoms with E-state index in [0.717, 1.165) is 63.4 Å². The van der Waals surface area contributed by atoms with Crippen molar-refractivity contribution in [2.45, 2.75) is 82.0 Å². The number of cyclic esters (lactones) is 1. The van der Waals surface area contributed by atoms with E-state index in [2.05, 4.69) is 6.92 Å². The lowest BCUT2D eigenvalue weighted by Crippen LogP contribution is -2.66. The first kappa shape index (κ1) is 19.1. The van der Waals surface area contributed by atoms with Gasteiger partial charge in [0.25, 0.3) is 0 Å². The molecular weight excluding hydrogens is 356 g/mol. The number of ether oxygens (including phenoxy) is 2. The fourth-order valence-corrected chi connectivity index (χ4v) is 8.36. The van der Waals surface area contributed by atoms with Crippen molar-refractivity contribution in [1.82, 2.24) is 0 Å². The van der Waals surface area contributed by atoms with Crippen LogP contribution in [0.3, 0.4) is 0 Å². The van der Waals surface area contributed by atoms with Crippen LogP contribution in [0.5, 0.6) is 0 Å². The highest BCUT2D eigenvalue weighted by atomic mass is 16.5. The Bertz CT molecular complexity index is 703. The minimum Gasteiger partial charge on any atom is -0.458 e. The van der Waals surface area contributed by atoms with Crippen molar-refractivity contribution in [2.24, 2.45) is 29.1 Å². The molecular formula is C23H34O5. The molecule has 0 saturated heterocycles. The van der Waals surface area contributed by atoms with Crippen LogP contribution in [-0.4, -0.2) is 47.2 Å². The molecule has 28 heavy (non-hydrogen) atoms. The molecule has 0 aromatic carbocycles. The van der Waals surface area contributed by atoms with Crippen LogP contribution >= 0.6 is 0 Å². The Morgan fingerprint density at radius 3 is 2.64 bits per heavy atom. The van der Waals surface area contributed by atoms with E-state index >= 15 is 0 Å². The van der Waals surface area contributed by atoms with Gasteiger partial charge in [-0.15, -0.1) is 0 Å². The summed E-state index contributed by atoms with van der Waals surface area (Å²) < 4.78 is 11.5. The summed E-state index contributed by atoms with van der Waals surface area (Å²) in [6.07, 6.45) is 9.80. The van der Waals surface area contributed by atoms with Crippen molar-refractivity contribution in [3.05, 3.63) is 11.6 Å². The molecule has 5 rings (SSSR count). The summed E-state index contributed by atoms with van der Waals surface area (Å²) in [6, 6.07) is 0. The maximum atomic E-state index is 12.2. The zero-order chi connectivity index (χ0) is 19.7. The minimum absolute atomic E-state index is 0.191. The number of fused-ring (bicyclic) bond motifs is 5. The summed E-state index contributed by atoms with van der Waals surface area (Å²) in [4.78, 5) is 11.6. The monoisotopic (exact) mass is 390 g/mol. The second kappa shape index (κ2) is 6.29. The number of methoxy groups -OCH3 is 1. The lowest BCUT2D eigenvalue weighted by molar-refractivity contribution is -0.245. The Kier molecular flexibility index (Phi) is 4.29. The highest BCUT2D eigenvalue weighted by Crippen LogP contribution is 2.68. The van der Waals surface area contributed by atoms with Crippen LogP contribution in [-0.2, 0) is 14.3 Å². The normalized spacial score (nSPS) is 53.1. The number of hydrogen-bond acceptors (Lipinski definition) is 5. The van der Waals surface area contributed by atoms with Crippen LogP contribution in [0.2, 0.25) is 0 Å². The number of aliphatic hydroxyl groups is 2. The van der Waals surface area contributed by atoms with Gasteiger partial charge in [0.1, 0.15) is 6.61 Å². The van der Waals surface area contributed by atoms with E-state index < -0.39 is 5.60 Å². The predicted molar refractivity (Wildman–Crippen MR) is 103 cm³/mol. The first-order valence-corrected chi connectivity index (χ1v) is 11.2. The van der Waals surface area contributed by atoms with Gasteiger partial charge in [-0.2, -0.15) is 0 Å². The molecule has 0 radical (unpaired) electrons. The standard InChI is InChI=1S/C23H34O5/c1-21-8-6-18-19(4-3-15-12-16(24)5-9-22(15,18)27-2)23(21,26)10-7-17(21)14-11-20(25)28-13-14/h11,15-19,24,26H,3-10,12-13H2,1-2H3/t15-,16+,17+,18?,19?,21-,22-,23+/m1/s1. The molecule has 156 valence electrons. The van der Waals surface area contributed by atoms with Gasteiger partial charge in [0.15, 0.2) is 0 Å². The third kappa shape index (κ3) is 2.33. The van der Waals surface area contributed by atoms with Crippen LogP contribution in [0.15, 0.2) is 11.6 Å².